The van der Waals surface area contributed by atoms with Gasteiger partial charge in [0.1, 0.15) is 5.56 Å². The van der Waals surface area contributed by atoms with E-state index >= 15 is 0 Å². The van der Waals surface area contributed by atoms with Crippen LogP contribution in [0.1, 0.15) is 11.1 Å². The number of pyridine rings is 1. The summed E-state index contributed by atoms with van der Waals surface area (Å²) in [5, 5.41) is 7.96. The smallest absolute Gasteiger partial charge is 0.416 e. The number of nitrogens with zero attached hydrogens (tertiary/aromatic N) is 3. The molecule has 32 heavy (non-hydrogen) atoms. The van der Waals surface area contributed by atoms with Crippen molar-refractivity contribution in [3.63, 3.8) is 0 Å². The number of alkyl halides is 3. The number of halogens is 3. The van der Waals surface area contributed by atoms with E-state index in [0.717, 1.165) is 18.4 Å². The van der Waals surface area contributed by atoms with Crippen LogP contribution >= 0.6 is 0 Å². The molecule has 4 rings (SSSR count). The second-order valence-electron chi connectivity index (χ2n) is 6.80. The Morgan fingerprint density at radius 3 is 2.25 bits per heavy atom. The van der Waals surface area contributed by atoms with Crippen molar-refractivity contribution in [3.05, 3.63) is 84.1 Å². The zero-order chi connectivity index (χ0) is 22.6. The summed E-state index contributed by atoms with van der Waals surface area (Å²) in [6, 6.07) is 20.3. The number of aromatic nitrogens is 3. The highest BCUT2D eigenvalue weighted by Crippen LogP contribution is 2.32. The van der Waals surface area contributed by atoms with Gasteiger partial charge >= 0.3 is 12.1 Å². The molecule has 162 valence electrons. The Bertz CT molecular complexity index is 1220. The second kappa shape index (κ2) is 9.01. The topological polar surface area (TPSA) is 78.1 Å². The minimum absolute atomic E-state index is 0.0226. The molecule has 0 amide bonds. The summed E-state index contributed by atoms with van der Waals surface area (Å²) in [5.41, 5.74) is 2.84. The number of benzene rings is 2. The van der Waals surface area contributed by atoms with E-state index in [1.807, 2.05) is 54.6 Å². The van der Waals surface area contributed by atoms with Crippen molar-refractivity contribution < 1.29 is 27.1 Å². The van der Waals surface area contributed by atoms with Gasteiger partial charge in [0.2, 0.25) is 11.8 Å². The maximum Gasteiger partial charge on any atom is 0.491 e. The van der Waals surface area contributed by atoms with Gasteiger partial charge in [0.15, 0.2) is 0 Å². The fourth-order valence-corrected chi connectivity index (χ4v) is 3.09. The van der Waals surface area contributed by atoms with E-state index in [9.17, 15) is 18.0 Å². The molecular weight excluding hydrogens is 423 g/mol. The van der Waals surface area contributed by atoms with E-state index in [-0.39, 0.29) is 17.3 Å². The average molecular weight is 439 g/mol. The number of hydrogen-bond acceptors (Lipinski definition) is 6. The molecule has 4 aromatic rings. The van der Waals surface area contributed by atoms with Gasteiger partial charge in [0.05, 0.1) is 0 Å². The van der Waals surface area contributed by atoms with Gasteiger partial charge in [0, 0.05) is 11.8 Å². The summed E-state index contributed by atoms with van der Waals surface area (Å²) in [7, 11) is 0. The van der Waals surface area contributed by atoms with Crippen molar-refractivity contribution in [2.75, 3.05) is 0 Å². The van der Waals surface area contributed by atoms with Gasteiger partial charge in [-0.05, 0) is 42.2 Å². The van der Waals surface area contributed by atoms with Crippen LogP contribution < -0.4 is 4.74 Å². The molecule has 2 aromatic carbocycles. The van der Waals surface area contributed by atoms with Gasteiger partial charge in [-0.25, -0.2) is 9.78 Å². The lowest BCUT2D eigenvalue weighted by atomic mass is 10.00. The number of aryl methyl sites for hydroxylation is 2. The Labute approximate surface area is 180 Å². The maximum atomic E-state index is 12.6. The summed E-state index contributed by atoms with van der Waals surface area (Å²) in [6.07, 6.45) is -2.44. The molecule has 0 atom stereocenters. The van der Waals surface area contributed by atoms with Gasteiger partial charge in [-0.1, -0.05) is 48.5 Å². The first-order valence-corrected chi connectivity index (χ1v) is 9.62. The SMILES string of the molecule is O=C(Oc1ncccc1-c1nnc(-c2ccccc2CCc2ccccc2)o1)C(F)(F)F. The molecule has 0 radical (unpaired) electrons. The maximum absolute atomic E-state index is 12.6. The van der Waals surface area contributed by atoms with E-state index < -0.39 is 18.0 Å². The van der Waals surface area contributed by atoms with Crippen LogP contribution in [-0.4, -0.2) is 27.3 Å². The summed E-state index contributed by atoms with van der Waals surface area (Å²) in [4.78, 5) is 14.9. The first-order valence-electron chi connectivity index (χ1n) is 9.62. The molecule has 0 unspecified atom stereocenters. The summed E-state index contributed by atoms with van der Waals surface area (Å²) < 4.78 is 47.9. The second-order valence-corrected chi connectivity index (χ2v) is 6.80. The van der Waals surface area contributed by atoms with Crippen molar-refractivity contribution in [3.8, 4) is 28.8 Å². The number of esters is 1. The zero-order valence-electron chi connectivity index (χ0n) is 16.5. The van der Waals surface area contributed by atoms with Crippen LogP contribution in [0, 0.1) is 0 Å². The number of carbonyl (C=O) groups excluding carboxylic acids is 1. The highest BCUT2D eigenvalue weighted by molar-refractivity contribution is 5.79. The summed E-state index contributed by atoms with van der Waals surface area (Å²) in [6.45, 7) is 0. The van der Waals surface area contributed by atoms with Gasteiger partial charge in [-0.3, -0.25) is 0 Å². The van der Waals surface area contributed by atoms with Gasteiger partial charge < -0.3 is 9.15 Å². The molecule has 0 saturated heterocycles. The molecule has 9 heteroatoms. The zero-order valence-corrected chi connectivity index (χ0v) is 16.5. The van der Waals surface area contributed by atoms with Crippen molar-refractivity contribution >= 4 is 5.97 Å². The lowest BCUT2D eigenvalue weighted by molar-refractivity contribution is -0.189. The largest absolute Gasteiger partial charge is 0.491 e. The highest BCUT2D eigenvalue weighted by atomic mass is 19.4. The molecule has 0 aliphatic rings. The van der Waals surface area contributed by atoms with Crippen LogP contribution in [0.15, 0.2) is 77.3 Å². The van der Waals surface area contributed by atoms with Crippen LogP contribution in [0.5, 0.6) is 5.88 Å². The Kier molecular flexibility index (Phi) is 5.98. The number of carbonyl (C=O) groups is 1. The van der Waals surface area contributed by atoms with E-state index in [4.69, 9.17) is 4.42 Å². The first kappa shape index (κ1) is 21.2. The van der Waals surface area contributed by atoms with Crippen LogP contribution in [0.4, 0.5) is 13.2 Å². The first-order chi connectivity index (χ1) is 15.4. The van der Waals surface area contributed by atoms with Gasteiger partial charge in [-0.15, -0.1) is 10.2 Å². The van der Waals surface area contributed by atoms with Crippen LogP contribution in [0.25, 0.3) is 22.9 Å². The molecule has 0 spiro atoms. The minimum Gasteiger partial charge on any atom is -0.416 e. The predicted molar refractivity (Wildman–Crippen MR) is 109 cm³/mol. The molecule has 2 heterocycles. The van der Waals surface area contributed by atoms with Crippen molar-refractivity contribution in [1.82, 2.24) is 15.2 Å². The third-order valence-electron chi connectivity index (χ3n) is 4.62. The fraction of sp³-hybridized carbons (Fsp3) is 0.130. The summed E-state index contributed by atoms with van der Waals surface area (Å²) >= 11 is 0. The van der Waals surface area contributed by atoms with Crippen LogP contribution in [-0.2, 0) is 17.6 Å². The fourth-order valence-electron chi connectivity index (χ4n) is 3.09. The lowest BCUT2D eigenvalue weighted by Gasteiger charge is -2.08. The Balaban J connectivity index is 1.60. The van der Waals surface area contributed by atoms with Crippen molar-refractivity contribution in [2.45, 2.75) is 19.0 Å². The summed E-state index contributed by atoms with van der Waals surface area (Å²) in [5.74, 6) is -2.87. The third kappa shape index (κ3) is 4.83. The minimum atomic E-state index is -5.16. The Morgan fingerprint density at radius 1 is 0.844 bits per heavy atom. The van der Waals surface area contributed by atoms with Gasteiger partial charge in [-0.2, -0.15) is 13.2 Å². The van der Waals surface area contributed by atoms with Crippen LogP contribution in [0.2, 0.25) is 0 Å². The van der Waals surface area contributed by atoms with E-state index in [1.165, 1.54) is 23.9 Å². The molecule has 0 aliphatic heterocycles. The monoisotopic (exact) mass is 439 g/mol. The molecule has 0 bridgehead atoms. The highest BCUT2D eigenvalue weighted by Gasteiger charge is 2.42. The van der Waals surface area contributed by atoms with Crippen molar-refractivity contribution in [1.29, 1.82) is 0 Å². The number of hydrogen-bond donors (Lipinski definition) is 0. The van der Waals surface area contributed by atoms with E-state index in [0.29, 0.717) is 5.56 Å². The Hall–Kier alpha value is -4.01. The molecule has 0 aliphatic carbocycles. The van der Waals surface area contributed by atoms with Crippen molar-refractivity contribution in [2.24, 2.45) is 0 Å². The third-order valence-corrected chi connectivity index (χ3v) is 4.62. The predicted octanol–water partition coefficient (Wildman–Crippen LogP) is 5.05. The molecule has 6 nitrogen and oxygen atoms in total. The van der Waals surface area contributed by atoms with Gasteiger partial charge in [0.25, 0.3) is 5.89 Å². The number of ether oxygens (including phenoxy) is 1. The molecule has 0 saturated carbocycles. The Morgan fingerprint density at radius 2 is 1.50 bits per heavy atom. The standard InChI is InChI=1S/C23H16F3N3O3/c24-23(25,26)22(30)32-19-18(11-6-14-27-19)21-29-28-20(31-21)17-10-5-4-9-16(17)13-12-15-7-2-1-3-8-15/h1-11,14H,12-13H2. The molecular formula is C23H16F3N3O3. The van der Waals surface area contributed by atoms with E-state index in [1.54, 1.807) is 0 Å². The molecule has 0 N–H and O–H groups in total. The average Bonchev–Trinajstić information content (AvgIpc) is 3.28. The lowest BCUT2D eigenvalue weighted by Crippen LogP contribution is -2.28. The molecule has 0 fully saturated rings. The number of rotatable bonds is 6. The van der Waals surface area contributed by atoms with E-state index in [2.05, 4.69) is 19.9 Å². The molecule has 2 aromatic heterocycles. The normalized spacial score (nSPS) is 11.3. The quantitative estimate of drug-likeness (QED) is 0.391. The van der Waals surface area contributed by atoms with Crippen LogP contribution in [0.3, 0.4) is 0 Å².